The van der Waals surface area contributed by atoms with Crippen LogP contribution in [0, 0.1) is 0 Å². The molecule has 3 aromatic rings. The van der Waals surface area contributed by atoms with Crippen LogP contribution in [0.1, 0.15) is 17.3 Å². The van der Waals surface area contributed by atoms with E-state index in [4.69, 9.17) is 0 Å². The van der Waals surface area contributed by atoms with Crippen molar-refractivity contribution in [1.82, 2.24) is 9.55 Å². The van der Waals surface area contributed by atoms with Crippen molar-refractivity contribution in [3.8, 4) is 11.3 Å². The number of hydrogen-bond acceptors (Lipinski definition) is 5. The standard InChI is InChI=1S/C19H17N3O3S2/c1-13(23)15-3-2-4-17(11-15)27(24,25)21-16-7-5-14(6-8-16)18-12-22-9-10-26-19(22)20-18/h2-8,11-12,21H,9-10H2,1H3. The lowest BCUT2D eigenvalue weighted by atomic mass is 10.1. The number of sulfonamides is 1. The molecule has 1 N–H and O–H groups in total. The molecule has 0 amide bonds. The predicted molar refractivity (Wildman–Crippen MR) is 106 cm³/mol. The maximum absolute atomic E-state index is 12.6. The van der Waals surface area contributed by atoms with Gasteiger partial charge in [-0.1, -0.05) is 36.0 Å². The minimum absolute atomic E-state index is 0.0572. The minimum atomic E-state index is -3.77. The summed E-state index contributed by atoms with van der Waals surface area (Å²) in [6.45, 7) is 2.37. The van der Waals surface area contributed by atoms with E-state index in [1.807, 2.05) is 18.3 Å². The number of carbonyl (C=O) groups is 1. The van der Waals surface area contributed by atoms with Crippen LogP contribution in [0.3, 0.4) is 0 Å². The first-order valence-corrected chi connectivity index (χ1v) is 10.8. The number of imidazole rings is 1. The Balaban J connectivity index is 1.55. The summed E-state index contributed by atoms with van der Waals surface area (Å²) in [7, 11) is -3.77. The second-order valence-electron chi connectivity index (χ2n) is 6.22. The molecule has 0 fully saturated rings. The zero-order chi connectivity index (χ0) is 19.0. The Morgan fingerprint density at radius 2 is 1.96 bits per heavy atom. The maximum Gasteiger partial charge on any atom is 0.261 e. The summed E-state index contributed by atoms with van der Waals surface area (Å²) in [6.07, 6.45) is 2.02. The molecular formula is C19H17N3O3S2. The van der Waals surface area contributed by atoms with Crippen molar-refractivity contribution >= 4 is 33.3 Å². The van der Waals surface area contributed by atoms with Crippen LogP contribution in [-0.4, -0.2) is 29.5 Å². The molecular weight excluding hydrogens is 382 g/mol. The molecule has 0 saturated heterocycles. The summed E-state index contributed by atoms with van der Waals surface area (Å²) < 4.78 is 29.8. The van der Waals surface area contributed by atoms with Crippen molar-refractivity contribution in [3.63, 3.8) is 0 Å². The third-order valence-corrected chi connectivity index (χ3v) is 6.64. The van der Waals surface area contributed by atoms with Crippen molar-refractivity contribution in [2.45, 2.75) is 23.5 Å². The summed E-state index contributed by atoms with van der Waals surface area (Å²) in [6, 6.07) is 13.1. The van der Waals surface area contributed by atoms with Gasteiger partial charge in [0.1, 0.15) is 0 Å². The van der Waals surface area contributed by atoms with Crippen LogP contribution in [0.4, 0.5) is 5.69 Å². The third-order valence-electron chi connectivity index (χ3n) is 4.29. The summed E-state index contributed by atoms with van der Waals surface area (Å²) in [5, 5.41) is 1.01. The number of benzene rings is 2. The molecule has 2 aromatic carbocycles. The lowest BCUT2D eigenvalue weighted by Gasteiger charge is -2.09. The van der Waals surface area contributed by atoms with E-state index in [1.54, 1.807) is 36.0 Å². The summed E-state index contributed by atoms with van der Waals surface area (Å²) in [5.41, 5.74) is 2.62. The molecule has 1 aliphatic rings. The Bertz CT molecular complexity index is 1100. The van der Waals surface area contributed by atoms with E-state index in [0.29, 0.717) is 11.3 Å². The average molecular weight is 399 g/mol. The molecule has 2 heterocycles. The Hall–Kier alpha value is -2.58. The van der Waals surface area contributed by atoms with Crippen molar-refractivity contribution in [2.75, 3.05) is 10.5 Å². The van der Waals surface area contributed by atoms with Crippen LogP contribution in [0.25, 0.3) is 11.3 Å². The van der Waals surface area contributed by atoms with E-state index in [1.165, 1.54) is 19.1 Å². The smallest absolute Gasteiger partial charge is 0.261 e. The van der Waals surface area contributed by atoms with Crippen LogP contribution in [-0.2, 0) is 16.6 Å². The molecule has 8 heteroatoms. The minimum Gasteiger partial charge on any atom is -0.325 e. The quantitative estimate of drug-likeness (QED) is 0.662. The van der Waals surface area contributed by atoms with Gasteiger partial charge in [-0.05, 0) is 31.2 Å². The van der Waals surface area contributed by atoms with Crippen LogP contribution < -0.4 is 4.72 Å². The SMILES string of the molecule is CC(=O)c1cccc(S(=O)(=O)Nc2ccc(-c3cn4c(n3)SCC4)cc2)c1. The molecule has 138 valence electrons. The van der Waals surface area contributed by atoms with Crippen LogP contribution in [0.2, 0.25) is 0 Å². The largest absolute Gasteiger partial charge is 0.325 e. The molecule has 0 spiro atoms. The monoisotopic (exact) mass is 399 g/mol. The first kappa shape index (κ1) is 17.8. The molecule has 1 aliphatic heterocycles. The van der Waals surface area contributed by atoms with E-state index in [-0.39, 0.29) is 10.7 Å². The molecule has 0 atom stereocenters. The first-order chi connectivity index (χ1) is 12.9. The number of carbonyl (C=O) groups excluding carboxylic acids is 1. The maximum atomic E-state index is 12.6. The van der Waals surface area contributed by atoms with Crippen molar-refractivity contribution < 1.29 is 13.2 Å². The summed E-state index contributed by atoms with van der Waals surface area (Å²) >= 11 is 1.73. The van der Waals surface area contributed by atoms with Gasteiger partial charge in [-0.15, -0.1) is 0 Å². The first-order valence-electron chi connectivity index (χ1n) is 8.37. The molecule has 1 aromatic heterocycles. The van der Waals surface area contributed by atoms with Gasteiger partial charge in [-0.3, -0.25) is 9.52 Å². The molecule has 6 nitrogen and oxygen atoms in total. The lowest BCUT2D eigenvalue weighted by Crippen LogP contribution is -2.13. The zero-order valence-corrected chi connectivity index (χ0v) is 16.2. The predicted octanol–water partition coefficient (Wildman–Crippen LogP) is 3.66. The van der Waals surface area contributed by atoms with Crippen LogP contribution in [0.5, 0.6) is 0 Å². The number of rotatable bonds is 5. The molecule has 27 heavy (non-hydrogen) atoms. The van der Waals surface area contributed by atoms with E-state index >= 15 is 0 Å². The van der Waals surface area contributed by atoms with E-state index in [0.717, 1.165) is 28.7 Å². The molecule has 0 aliphatic carbocycles. The second-order valence-corrected chi connectivity index (χ2v) is 8.96. The number of Topliss-reactive ketones (excluding diaryl/α,β-unsaturated/α-hetero) is 1. The number of anilines is 1. The van der Waals surface area contributed by atoms with E-state index in [9.17, 15) is 13.2 Å². The highest BCUT2D eigenvalue weighted by atomic mass is 32.2. The number of fused-ring (bicyclic) bond motifs is 1. The van der Waals surface area contributed by atoms with Crippen LogP contribution >= 0.6 is 11.8 Å². The highest BCUT2D eigenvalue weighted by Crippen LogP contribution is 2.29. The third kappa shape index (κ3) is 3.63. The Morgan fingerprint density at radius 3 is 2.67 bits per heavy atom. The second kappa shape index (κ2) is 6.86. The van der Waals surface area contributed by atoms with Gasteiger partial charge in [-0.2, -0.15) is 0 Å². The zero-order valence-electron chi connectivity index (χ0n) is 14.5. The number of hydrogen-bond donors (Lipinski definition) is 1. The summed E-state index contributed by atoms with van der Waals surface area (Å²) in [5.74, 6) is 0.871. The Kier molecular flexibility index (Phi) is 4.53. The number of nitrogens with one attached hydrogen (secondary N) is 1. The number of ketones is 1. The van der Waals surface area contributed by atoms with Gasteiger partial charge in [0, 0.05) is 35.3 Å². The highest BCUT2D eigenvalue weighted by molar-refractivity contribution is 7.99. The van der Waals surface area contributed by atoms with Gasteiger partial charge in [0.05, 0.1) is 10.6 Å². The van der Waals surface area contributed by atoms with Crippen molar-refractivity contribution in [3.05, 3.63) is 60.3 Å². The Morgan fingerprint density at radius 1 is 1.19 bits per heavy atom. The molecule has 0 bridgehead atoms. The van der Waals surface area contributed by atoms with Crippen molar-refractivity contribution in [1.29, 1.82) is 0 Å². The van der Waals surface area contributed by atoms with Gasteiger partial charge < -0.3 is 4.57 Å². The van der Waals surface area contributed by atoms with Crippen molar-refractivity contribution in [2.24, 2.45) is 0 Å². The van der Waals surface area contributed by atoms with Gasteiger partial charge >= 0.3 is 0 Å². The van der Waals surface area contributed by atoms with Crippen LogP contribution in [0.15, 0.2) is 64.8 Å². The normalized spacial score (nSPS) is 13.4. The molecule has 4 rings (SSSR count). The fourth-order valence-corrected chi connectivity index (χ4v) is 4.90. The fraction of sp³-hybridized carbons (Fsp3) is 0.158. The van der Waals surface area contributed by atoms with E-state index < -0.39 is 10.0 Å². The fourth-order valence-electron chi connectivity index (χ4n) is 2.85. The highest BCUT2D eigenvalue weighted by Gasteiger charge is 2.17. The number of thioether (sulfide) groups is 1. The lowest BCUT2D eigenvalue weighted by molar-refractivity contribution is 0.101. The molecule has 0 unspecified atom stereocenters. The average Bonchev–Trinajstić information content (AvgIpc) is 3.24. The topological polar surface area (TPSA) is 81.1 Å². The van der Waals surface area contributed by atoms with E-state index in [2.05, 4.69) is 14.3 Å². The van der Waals surface area contributed by atoms with Gasteiger partial charge in [-0.25, -0.2) is 13.4 Å². The summed E-state index contributed by atoms with van der Waals surface area (Å²) in [4.78, 5) is 16.1. The molecule has 0 radical (unpaired) electrons. The van der Waals surface area contributed by atoms with Gasteiger partial charge in [0.25, 0.3) is 10.0 Å². The number of aromatic nitrogens is 2. The van der Waals surface area contributed by atoms with Gasteiger partial charge in [0.15, 0.2) is 10.9 Å². The number of aryl methyl sites for hydroxylation is 1. The van der Waals surface area contributed by atoms with Gasteiger partial charge in [0.2, 0.25) is 0 Å². The number of nitrogens with zero attached hydrogens (tertiary/aromatic N) is 2. The molecule has 0 saturated carbocycles. The Labute approximate surface area is 161 Å².